The molecule has 0 fully saturated rings. The number of aromatic nitrogens is 1. The van der Waals surface area contributed by atoms with Crippen molar-refractivity contribution in [3.05, 3.63) is 51.9 Å². The second-order valence-electron chi connectivity index (χ2n) is 3.86. The maximum absolute atomic E-state index is 13.6. The minimum atomic E-state index is -0.611. The average molecular weight is 314 g/mol. The fourth-order valence-electron chi connectivity index (χ4n) is 1.56. The molecule has 1 aromatic heterocycles. The van der Waals surface area contributed by atoms with Crippen LogP contribution in [-0.2, 0) is 0 Å². The highest BCUT2D eigenvalue weighted by molar-refractivity contribution is 6.34. The molecule has 2 aromatic rings. The van der Waals surface area contributed by atoms with Crippen molar-refractivity contribution < 1.29 is 9.18 Å². The minimum absolute atomic E-state index is 0.0712. The van der Waals surface area contributed by atoms with Crippen molar-refractivity contribution in [1.29, 1.82) is 0 Å². The average Bonchev–Trinajstić information content (AvgIpc) is 2.42. The number of hydrogen-bond donors (Lipinski definition) is 2. The molecule has 4 nitrogen and oxygen atoms in total. The number of nitrogens with zero attached hydrogens (tertiary/aromatic N) is 1. The van der Waals surface area contributed by atoms with E-state index in [9.17, 15) is 9.18 Å². The van der Waals surface area contributed by atoms with Crippen molar-refractivity contribution in [3.8, 4) is 0 Å². The molecule has 20 heavy (non-hydrogen) atoms. The van der Waals surface area contributed by atoms with Crippen molar-refractivity contribution in [3.63, 3.8) is 0 Å². The number of halogens is 3. The number of nitrogens with one attached hydrogen (secondary N) is 2. The van der Waals surface area contributed by atoms with Gasteiger partial charge in [0.15, 0.2) is 0 Å². The van der Waals surface area contributed by atoms with E-state index in [0.717, 1.165) is 0 Å². The maximum Gasteiger partial charge on any atom is 0.256 e. The Hall–Kier alpha value is -1.85. The Morgan fingerprint density at radius 3 is 2.70 bits per heavy atom. The summed E-state index contributed by atoms with van der Waals surface area (Å²) in [6, 6.07) is 7.02. The van der Waals surface area contributed by atoms with Crippen LogP contribution in [-0.4, -0.2) is 17.9 Å². The van der Waals surface area contributed by atoms with E-state index in [1.807, 2.05) is 0 Å². The van der Waals surface area contributed by atoms with Crippen LogP contribution in [0.5, 0.6) is 0 Å². The summed E-state index contributed by atoms with van der Waals surface area (Å²) >= 11 is 11.7. The Labute approximate surface area is 124 Å². The molecular formula is C13H10Cl2FN3O. The highest BCUT2D eigenvalue weighted by Gasteiger charge is 2.14. The number of para-hydroxylation sites is 1. The van der Waals surface area contributed by atoms with Gasteiger partial charge in [-0.2, -0.15) is 0 Å². The van der Waals surface area contributed by atoms with Crippen LogP contribution < -0.4 is 10.6 Å². The van der Waals surface area contributed by atoms with Crippen LogP contribution in [0.1, 0.15) is 10.4 Å². The number of rotatable bonds is 3. The third kappa shape index (κ3) is 3.18. The molecule has 0 radical (unpaired) electrons. The van der Waals surface area contributed by atoms with Gasteiger partial charge >= 0.3 is 0 Å². The first-order valence-electron chi connectivity index (χ1n) is 5.62. The Morgan fingerprint density at radius 2 is 2.05 bits per heavy atom. The summed E-state index contributed by atoms with van der Waals surface area (Å²) in [5.74, 6) is -0.708. The van der Waals surface area contributed by atoms with Crippen molar-refractivity contribution in [2.45, 2.75) is 0 Å². The molecule has 0 saturated heterocycles. The van der Waals surface area contributed by atoms with Gasteiger partial charge in [-0.15, -0.1) is 0 Å². The Balaban J connectivity index is 2.31. The molecule has 2 rings (SSSR count). The number of amides is 1. The van der Waals surface area contributed by atoms with Crippen LogP contribution in [0.15, 0.2) is 30.3 Å². The molecule has 0 saturated carbocycles. The Morgan fingerprint density at radius 1 is 1.30 bits per heavy atom. The molecule has 104 valence electrons. The first-order valence-corrected chi connectivity index (χ1v) is 6.37. The SMILES string of the molecule is CNc1cc(C(=O)Nc2c(F)cccc2Cl)cc(Cl)n1. The standard InChI is InChI=1S/C13H10Cl2FN3O/c1-17-11-6-7(5-10(15)18-11)13(20)19-12-8(14)3-2-4-9(12)16/h2-6H,1H3,(H,17,18)(H,19,20). The van der Waals surface area contributed by atoms with Crippen molar-refractivity contribution in [2.24, 2.45) is 0 Å². The fraction of sp³-hybridized carbons (Fsp3) is 0.0769. The predicted octanol–water partition coefficient (Wildman–Crippen LogP) is 3.82. The van der Waals surface area contributed by atoms with Crippen molar-refractivity contribution in [2.75, 3.05) is 17.7 Å². The van der Waals surface area contributed by atoms with Crippen molar-refractivity contribution >= 4 is 40.6 Å². The van der Waals surface area contributed by atoms with Crippen LogP contribution in [0.4, 0.5) is 15.9 Å². The van der Waals surface area contributed by atoms with Gasteiger partial charge in [0.1, 0.15) is 16.8 Å². The molecule has 0 aliphatic heterocycles. The topological polar surface area (TPSA) is 54.0 Å². The molecule has 7 heteroatoms. The van der Waals surface area contributed by atoms with E-state index in [2.05, 4.69) is 15.6 Å². The van der Waals surface area contributed by atoms with Gasteiger partial charge in [0.25, 0.3) is 5.91 Å². The van der Waals surface area contributed by atoms with E-state index in [4.69, 9.17) is 23.2 Å². The quantitative estimate of drug-likeness (QED) is 0.847. The molecule has 0 aliphatic carbocycles. The number of benzene rings is 1. The monoisotopic (exact) mass is 313 g/mol. The highest BCUT2D eigenvalue weighted by Crippen LogP contribution is 2.25. The van der Waals surface area contributed by atoms with Gasteiger partial charge in [0, 0.05) is 12.6 Å². The molecule has 2 N–H and O–H groups in total. The third-order valence-corrected chi connectivity index (χ3v) is 3.02. The zero-order valence-electron chi connectivity index (χ0n) is 10.4. The summed E-state index contributed by atoms with van der Waals surface area (Å²) < 4.78 is 13.6. The maximum atomic E-state index is 13.6. The summed E-state index contributed by atoms with van der Waals surface area (Å²) in [6.07, 6.45) is 0. The smallest absolute Gasteiger partial charge is 0.256 e. The summed E-state index contributed by atoms with van der Waals surface area (Å²) in [5.41, 5.74) is 0.173. The number of hydrogen-bond acceptors (Lipinski definition) is 3. The minimum Gasteiger partial charge on any atom is -0.373 e. The van der Waals surface area contributed by atoms with E-state index < -0.39 is 11.7 Å². The summed E-state index contributed by atoms with van der Waals surface area (Å²) in [5, 5.41) is 5.46. The highest BCUT2D eigenvalue weighted by atomic mass is 35.5. The van der Waals surface area contributed by atoms with Gasteiger partial charge in [0.2, 0.25) is 0 Å². The fourth-order valence-corrected chi connectivity index (χ4v) is 1.98. The third-order valence-electron chi connectivity index (χ3n) is 2.51. The molecule has 1 amide bonds. The van der Waals surface area contributed by atoms with E-state index in [1.165, 1.54) is 30.3 Å². The normalized spacial score (nSPS) is 10.2. The second kappa shape index (κ2) is 6.07. The zero-order chi connectivity index (χ0) is 14.7. The lowest BCUT2D eigenvalue weighted by Crippen LogP contribution is -2.14. The first kappa shape index (κ1) is 14.6. The summed E-state index contributed by atoms with van der Waals surface area (Å²) in [7, 11) is 1.65. The van der Waals surface area contributed by atoms with Crippen molar-refractivity contribution in [1.82, 2.24) is 4.98 Å². The largest absolute Gasteiger partial charge is 0.373 e. The van der Waals surface area contributed by atoms with Gasteiger partial charge < -0.3 is 10.6 Å². The number of anilines is 2. The van der Waals surface area contributed by atoms with E-state index >= 15 is 0 Å². The lowest BCUT2D eigenvalue weighted by Gasteiger charge is -2.09. The lowest BCUT2D eigenvalue weighted by atomic mass is 10.2. The van der Waals surface area contributed by atoms with E-state index in [0.29, 0.717) is 5.82 Å². The second-order valence-corrected chi connectivity index (χ2v) is 4.66. The molecule has 0 spiro atoms. The zero-order valence-corrected chi connectivity index (χ0v) is 11.9. The number of carbonyl (C=O) groups excluding carboxylic acids is 1. The molecule has 0 aliphatic rings. The predicted molar refractivity (Wildman–Crippen MR) is 78.2 cm³/mol. The van der Waals surface area contributed by atoms with Crippen LogP contribution in [0.3, 0.4) is 0 Å². The van der Waals surface area contributed by atoms with Crippen LogP contribution in [0, 0.1) is 5.82 Å². The van der Waals surface area contributed by atoms with E-state index in [-0.39, 0.29) is 21.4 Å². The van der Waals surface area contributed by atoms with Gasteiger partial charge in [-0.1, -0.05) is 29.3 Å². The van der Waals surface area contributed by atoms with Gasteiger partial charge in [-0.3, -0.25) is 4.79 Å². The number of pyridine rings is 1. The summed E-state index contributed by atoms with van der Waals surface area (Å²) in [6.45, 7) is 0. The summed E-state index contributed by atoms with van der Waals surface area (Å²) in [4.78, 5) is 16.0. The molecular weight excluding hydrogens is 304 g/mol. The van der Waals surface area contributed by atoms with Gasteiger partial charge in [-0.25, -0.2) is 9.37 Å². The molecule has 0 bridgehead atoms. The number of carbonyl (C=O) groups is 1. The van der Waals surface area contributed by atoms with Crippen LogP contribution >= 0.6 is 23.2 Å². The Bertz CT molecular complexity index is 644. The molecule has 0 unspecified atom stereocenters. The molecule has 1 heterocycles. The molecule has 0 atom stereocenters. The van der Waals surface area contributed by atoms with E-state index in [1.54, 1.807) is 7.05 Å². The Kier molecular flexibility index (Phi) is 4.42. The van der Waals surface area contributed by atoms with Gasteiger partial charge in [0.05, 0.1) is 10.7 Å². The molecule has 1 aromatic carbocycles. The first-order chi connectivity index (χ1) is 9.51. The van der Waals surface area contributed by atoms with Crippen LogP contribution in [0.25, 0.3) is 0 Å². The van der Waals surface area contributed by atoms with Crippen LogP contribution in [0.2, 0.25) is 10.2 Å². The van der Waals surface area contributed by atoms with Gasteiger partial charge in [-0.05, 0) is 24.3 Å². The lowest BCUT2D eigenvalue weighted by molar-refractivity contribution is 0.102.